The van der Waals surface area contributed by atoms with E-state index in [4.69, 9.17) is 0 Å². The minimum Gasteiger partial charge on any atom is -0.282 e. The molecule has 2 aromatic rings. The maximum Gasteiger partial charge on any atom is 0.0668 e. The molecule has 1 heterocycles. The van der Waals surface area contributed by atoms with Crippen LogP contribution in [0, 0.1) is 0 Å². The highest BCUT2D eigenvalue weighted by atomic mass is 15.1. The SMILES string of the molecule is CCc1cc(Cc2ccccc2)n[nH]1. The number of hydrogen-bond donors (Lipinski definition) is 1. The summed E-state index contributed by atoms with van der Waals surface area (Å²) < 4.78 is 0. The molecular formula is C12H14N2. The van der Waals surface area contributed by atoms with Gasteiger partial charge in [-0.2, -0.15) is 5.10 Å². The van der Waals surface area contributed by atoms with Crippen molar-refractivity contribution in [3.63, 3.8) is 0 Å². The van der Waals surface area contributed by atoms with Gasteiger partial charge in [0.25, 0.3) is 0 Å². The van der Waals surface area contributed by atoms with Gasteiger partial charge in [-0.3, -0.25) is 5.10 Å². The molecule has 0 aliphatic carbocycles. The molecule has 0 amide bonds. The molecule has 72 valence electrons. The summed E-state index contributed by atoms with van der Waals surface area (Å²) in [5.74, 6) is 0. The molecule has 0 saturated heterocycles. The van der Waals surface area contributed by atoms with E-state index in [1.165, 1.54) is 11.3 Å². The van der Waals surface area contributed by atoms with Crippen LogP contribution in [0.15, 0.2) is 36.4 Å². The van der Waals surface area contributed by atoms with Crippen LogP contribution in [0.3, 0.4) is 0 Å². The first-order valence-corrected chi connectivity index (χ1v) is 4.95. The Morgan fingerprint density at radius 3 is 2.64 bits per heavy atom. The second-order valence-electron chi connectivity index (χ2n) is 3.40. The van der Waals surface area contributed by atoms with E-state index in [0.29, 0.717) is 0 Å². The molecule has 0 spiro atoms. The first-order valence-electron chi connectivity index (χ1n) is 4.95. The molecule has 2 heteroatoms. The Labute approximate surface area is 84.0 Å². The van der Waals surface area contributed by atoms with E-state index in [-0.39, 0.29) is 0 Å². The molecule has 14 heavy (non-hydrogen) atoms. The summed E-state index contributed by atoms with van der Waals surface area (Å²) in [7, 11) is 0. The highest BCUT2D eigenvalue weighted by Crippen LogP contribution is 2.08. The fourth-order valence-corrected chi connectivity index (χ4v) is 1.49. The summed E-state index contributed by atoms with van der Waals surface area (Å²) in [5, 5.41) is 7.28. The van der Waals surface area contributed by atoms with Crippen molar-refractivity contribution < 1.29 is 0 Å². The fraction of sp³-hybridized carbons (Fsp3) is 0.250. The van der Waals surface area contributed by atoms with Gasteiger partial charge >= 0.3 is 0 Å². The minimum absolute atomic E-state index is 0.914. The molecular weight excluding hydrogens is 172 g/mol. The molecule has 0 atom stereocenters. The average molecular weight is 186 g/mol. The topological polar surface area (TPSA) is 28.7 Å². The monoisotopic (exact) mass is 186 g/mol. The largest absolute Gasteiger partial charge is 0.282 e. The number of aromatic nitrogens is 2. The van der Waals surface area contributed by atoms with E-state index >= 15 is 0 Å². The van der Waals surface area contributed by atoms with E-state index in [9.17, 15) is 0 Å². The molecule has 2 rings (SSSR count). The number of aromatic amines is 1. The Morgan fingerprint density at radius 2 is 2.00 bits per heavy atom. The Kier molecular flexibility index (Phi) is 2.63. The average Bonchev–Trinajstić information content (AvgIpc) is 2.67. The zero-order valence-corrected chi connectivity index (χ0v) is 8.33. The lowest BCUT2D eigenvalue weighted by atomic mass is 10.1. The molecule has 0 aliphatic rings. The molecule has 1 aromatic heterocycles. The highest BCUT2D eigenvalue weighted by molar-refractivity contribution is 5.22. The maximum absolute atomic E-state index is 4.26. The lowest BCUT2D eigenvalue weighted by Crippen LogP contribution is -1.87. The first kappa shape index (κ1) is 9.00. The molecule has 1 N–H and O–H groups in total. The van der Waals surface area contributed by atoms with Crippen LogP contribution in [0.25, 0.3) is 0 Å². The van der Waals surface area contributed by atoms with Crippen molar-refractivity contribution in [3.05, 3.63) is 53.3 Å². The normalized spacial score (nSPS) is 10.4. The summed E-state index contributed by atoms with van der Waals surface area (Å²) in [6, 6.07) is 12.5. The highest BCUT2D eigenvalue weighted by Gasteiger charge is 2.00. The fourth-order valence-electron chi connectivity index (χ4n) is 1.49. The van der Waals surface area contributed by atoms with E-state index < -0.39 is 0 Å². The van der Waals surface area contributed by atoms with Crippen LogP contribution in [-0.4, -0.2) is 10.2 Å². The Hall–Kier alpha value is -1.57. The van der Waals surface area contributed by atoms with Gasteiger partial charge in [-0.15, -0.1) is 0 Å². The van der Waals surface area contributed by atoms with E-state index in [2.05, 4.69) is 47.5 Å². The number of aryl methyl sites for hydroxylation is 1. The lowest BCUT2D eigenvalue weighted by molar-refractivity contribution is 0.946. The zero-order valence-electron chi connectivity index (χ0n) is 8.33. The van der Waals surface area contributed by atoms with Gasteiger partial charge < -0.3 is 0 Å². The molecule has 0 saturated carbocycles. The summed E-state index contributed by atoms with van der Waals surface area (Å²) >= 11 is 0. The van der Waals surface area contributed by atoms with Crippen molar-refractivity contribution in [2.45, 2.75) is 19.8 Å². The molecule has 0 aliphatic heterocycles. The number of benzene rings is 1. The predicted molar refractivity (Wildman–Crippen MR) is 57.2 cm³/mol. The van der Waals surface area contributed by atoms with Crippen molar-refractivity contribution in [2.75, 3.05) is 0 Å². The third kappa shape index (κ3) is 2.02. The second-order valence-corrected chi connectivity index (χ2v) is 3.40. The van der Waals surface area contributed by atoms with E-state index in [1.54, 1.807) is 0 Å². The number of rotatable bonds is 3. The Morgan fingerprint density at radius 1 is 1.21 bits per heavy atom. The molecule has 2 nitrogen and oxygen atoms in total. The van der Waals surface area contributed by atoms with Gasteiger partial charge in [0.2, 0.25) is 0 Å². The van der Waals surface area contributed by atoms with Gasteiger partial charge in [-0.1, -0.05) is 37.3 Å². The smallest absolute Gasteiger partial charge is 0.0668 e. The summed E-state index contributed by atoms with van der Waals surface area (Å²) in [5.41, 5.74) is 3.63. The van der Waals surface area contributed by atoms with E-state index in [1.807, 2.05) is 6.07 Å². The van der Waals surface area contributed by atoms with Gasteiger partial charge in [-0.05, 0) is 18.1 Å². The summed E-state index contributed by atoms with van der Waals surface area (Å²) in [6.45, 7) is 2.12. The van der Waals surface area contributed by atoms with Crippen LogP contribution in [0.1, 0.15) is 23.9 Å². The van der Waals surface area contributed by atoms with Gasteiger partial charge in [0.15, 0.2) is 0 Å². The minimum atomic E-state index is 0.914. The standard InChI is InChI=1S/C12H14N2/c1-2-11-9-12(14-13-11)8-10-6-4-3-5-7-10/h3-7,9H,2,8H2,1H3,(H,13,14). The van der Waals surface area contributed by atoms with E-state index in [0.717, 1.165) is 18.5 Å². The van der Waals surface area contributed by atoms with Crippen molar-refractivity contribution in [3.8, 4) is 0 Å². The maximum atomic E-state index is 4.26. The van der Waals surface area contributed by atoms with Crippen LogP contribution < -0.4 is 0 Å². The molecule has 0 fully saturated rings. The predicted octanol–water partition coefficient (Wildman–Crippen LogP) is 2.56. The van der Waals surface area contributed by atoms with Gasteiger partial charge in [0.05, 0.1) is 5.69 Å². The van der Waals surface area contributed by atoms with Crippen molar-refractivity contribution >= 4 is 0 Å². The van der Waals surface area contributed by atoms with Crippen LogP contribution >= 0.6 is 0 Å². The van der Waals surface area contributed by atoms with Crippen molar-refractivity contribution in [1.82, 2.24) is 10.2 Å². The van der Waals surface area contributed by atoms with Crippen molar-refractivity contribution in [1.29, 1.82) is 0 Å². The quantitative estimate of drug-likeness (QED) is 0.784. The number of nitrogens with zero attached hydrogens (tertiary/aromatic N) is 1. The number of nitrogens with one attached hydrogen (secondary N) is 1. The first-order chi connectivity index (χ1) is 6.88. The van der Waals surface area contributed by atoms with Crippen LogP contribution in [-0.2, 0) is 12.8 Å². The third-order valence-corrected chi connectivity index (χ3v) is 2.29. The summed E-state index contributed by atoms with van der Waals surface area (Å²) in [6.07, 6.45) is 1.93. The van der Waals surface area contributed by atoms with Crippen LogP contribution in [0.4, 0.5) is 0 Å². The molecule has 0 unspecified atom stereocenters. The number of H-pyrrole nitrogens is 1. The summed E-state index contributed by atoms with van der Waals surface area (Å²) in [4.78, 5) is 0. The van der Waals surface area contributed by atoms with Gasteiger partial charge in [0.1, 0.15) is 0 Å². The number of hydrogen-bond acceptors (Lipinski definition) is 1. The Bertz CT molecular complexity index is 390. The van der Waals surface area contributed by atoms with Crippen LogP contribution in [0.2, 0.25) is 0 Å². The third-order valence-electron chi connectivity index (χ3n) is 2.29. The van der Waals surface area contributed by atoms with Gasteiger partial charge in [-0.25, -0.2) is 0 Å². The second kappa shape index (κ2) is 4.09. The zero-order chi connectivity index (χ0) is 9.80. The molecule has 1 aromatic carbocycles. The molecule has 0 radical (unpaired) electrons. The lowest BCUT2D eigenvalue weighted by Gasteiger charge is -1.95. The van der Waals surface area contributed by atoms with Gasteiger partial charge in [0, 0.05) is 12.1 Å². The molecule has 0 bridgehead atoms. The van der Waals surface area contributed by atoms with Crippen LogP contribution in [0.5, 0.6) is 0 Å². The Balaban J connectivity index is 2.11. The van der Waals surface area contributed by atoms with Crippen molar-refractivity contribution in [2.24, 2.45) is 0 Å².